The average molecular weight is 259 g/mol. The van der Waals surface area contributed by atoms with E-state index in [9.17, 15) is 4.79 Å². The molecule has 5 nitrogen and oxygen atoms in total. The standard InChI is InChI=1S/C14H17N3O2/c1-8-13(9(2)17-16-8)14(18)15-11-4-3-5-12-10(11)6-7-19-12/h6-7,11H,3-5H2,1-2H3,(H,15,18)(H,16,17). The van der Waals surface area contributed by atoms with Gasteiger partial charge < -0.3 is 9.73 Å². The topological polar surface area (TPSA) is 70.9 Å². The first-order valence-corrected chi connectivity index (χ1v) is 6.55. The molecule has 0 saturated heterocycles. The largest absolute Gasteiger partial charge is 0.469 e. The molecule has 2 aromatic rings. The number of nitrogens with one attached hydrogen (secondary N) is 2. The minimum atomic E-state index is -0.0669. The maximum atomic E-state index is 12.3. The quantitative estimate of drug-likeness (QED) is 0.870. The highest BCUT2D eigenvalue weighted by molar-refractivity contribution is 5.96. The van der Waals surface area contributed by atoms with Gasteiger partial charge in [0.2, 0.25) is 0 Å². The van der Waals surface area contributed by atoms with Crippen LogP contribution in [0.1, 0.15) is 52.0 Å². The number of carbonyl (C=O) groups excluding carboxylic acids is 1. The summed E-state index contributed by atoms with van der Waals surface area (Å²) in [4.78, 5) is 12.3. The Hall–Kier alpha value is -2.04. The zero-order chi connectivity index (χ0) is 13.4. The van der Waals surface area contributed by atoms with E-state index in [0.717, 1.165) is 42.0 Å². The summed E-state index contributed by atoms with van der Waals surface area (Å²) in [5.41, 5.74) is 3.30. The minimum Gasteiger partial charge on any atom is -0.469 e. The molecule has 1 aliphatic rings. The second kappa shape index (κ2) is 4.57. The molecule has 1 atom stereocenters. The molecule has 0 fully saturated rings. The van der Waals surface area contributed by atoms with Crippen LogP contribution in [-0.4, -0.2) is 16.1 Å². The molecule has 0 bridgehead atoms. The van der Waals surface area contributed by atoms with Gasteiger partial charge in [-0.2, -0.15) is 5.10 Å². The summed E-state index contributed by atoms with van der Waals surface area (Å²) in [6.07, 6.45) is 4.64. The van der Waals surface area contributed by atoms with Crippen molar-refractivity contribution in [1.29, 1.82) is 0 Å². The summed E-state index contributed by atoms with van der Waals surface area (Å²) in [5, 5.41) is 9.99. The van der Waals surface area contributed by atoms with E-state index in [1.54, 1.807) is 6.26 Å². The lowest BCUT2D eigenvalue weighted by atomic mass is 9.93. The van der Waals surface area contributed by atoms with Crippen LogP contribution in [0, 0.1) is 13.8 Å². The van der Waals surface area contributed by atoms with E-state index in [4.69, 9.17) is 4.42 Å². The molecule has 0 saturated carbocycles. The maximum absolute atomic E-state index is 12.3. The minimum absolute atomic E-state index is 0.0451. The number of aromatic amines is 1. The number of aromatic nitrogens is 2. The summed E-state index contributed by atoms with van der Waals surface area (Å²) in [7, 11) is 0. The van der Waals surface area contributed by atoms with Crippen LogP contribution in [0.2, 0.25) is 0 Å². The van der Waals surface area contributed by atoms with Crippen LogP contribution in [-0.2, 0) is 6.42 Å². The third-order valence-electron chi connectivity index (χ3n) is 3.71. The van der Waals surface area contributed by atoms with Crippen LogP contribution in [0.15, 0.2) is 16.7 Å². The first-order valence-electron chi connectivity index (χ1n) is 6.55. The molecule has 100 valence electrons. The molecule has 0 spiro atoms. The molecule has 5 heteroatoms. The summed E-state index contributed by atoms with van der Waals surface area (Å²) in [6.45, 7) is 3.70. The number of carbonyl (C=O) groups is 1. The average Bonchev–Trinajstić information content (AvgIpc) is 2.97. The van der Waals surface area contributed by atoms with Gasteiger partial charge in [-0.05, 0) is 32.8 Å². The predicted octanol–water partition coefficient (Wildman–Crippen LogP) is 2.43. The van der Waals surface area contributed by atoms with Crippen LogP contribution in [0.3, 0.4) is 0 Å². The number of furan rings is 1. The van der Waals surface area contributed by atoms with Crippen LogP contribution < -0.4 is 5.32 Å². The monoisotopic (exact) mass is 259 g/mol. The molecule has 1 aliphatic carbocycles. The summed E-state index contributed by atoms with van der Waals surface area (Å²) in [6, 6.07) is 2.00. The molecule has 3 rings (SSSR count). The van der Waals surface area contributed by atoms with E-state index in [2.05, 4.69) is 15.5 Å². The van der Waals surface area contributed by atoms with Crippen molar-refractivity contribution in [1.82, 2.24) is 15.5 Å². The molecular formula is C14H17N3O2. The zero-order valence-corrected chi connectivity index (χ0v) is 11.1. The van der Waals surface area contributed by atoms with Gasteiger partial charge in [0.05, 0.1) is 23.6 Å². The third kappa shape index (κ3) is 2.05. The number of hydrogen-bond acceptors (Lipinski definition) is 3. The smallest absolute Gasteiger partial charge is 0.255 e. The van der Waals surface area contributed by atoms with Gasteiger partial charge in [0.1, 0.15) is 5.76 Å². The van der Waals surface area contributed by atoms with E-state index >= 15 is 0 Å². The van der Waals surface area contributed by atoms with Crippen molar-refractivity contribution >= 4 is 5.91 Å². The van der Waals surface area contributed by atoms with Gasteiger partial charge in [0.25, 0.3) is 5.91 Å². The zero-order valence-electron chi connectivity index (χ0n) is 11.1. The van der Waals surface area contributed by atoms with Gasteiger partial charge in [-0.15, -0.1) is 0 Å². The highest BCUT2D eigenvalue weighted by atomic mass is 16.3. The van der Waals surface area contributed by atoms with Crippen molar-refractivity contribution in [2.45, 2.75) is 39.2 Å². The Morgan fingerprint density at radius 2 is 2.37 bits per heavy atom. The van der Waals surface area contributed by atoms with Crippen molar-refractivity contribution in [2.75, 3.05) is 0 Å². The van der Waals surface area contributed by atoms with Gasteiger partial charge in [-0.25, -0.2) is 0 Å². The third-order valence-corrected chi connectivity index (χ3v) is 3.71. The highest BCUT2D eigenvalue weighted by Gasteiger charge is 2.25. The predicted molar refractivity (Wildman–Crippen MR) is 69.9 cm³/mol. The lowest BCUT2D eigenvalue weighted by molar-refractivity contribution is 0.0931. The number of rotatable bonds is 2. The Kier molecular flexibility index (Phi) is 2.89. The van der Waals surface area contributed by atoms with E-state index in [1.165, 1.54) is 0 Å². The SMILES string of the molecule is Cc1n[nH]c(C)c1C(=O)NC1CCCc2occc21. The van der Waals surface area contributed by atoms with Gasteiger partial charge >= 0.3 is 0 Å². The summed E-state index contributed by atoms with van der Waals surface area (Å²) >= 11 is 0. The lowest BCUT2D eigenvalue weighted by Gasteiger charge is -2.22. The van der Waals surface area contributed by atoms with Crippen LogP contribution in [0.5, 0.6) is 0 Å². The number of nitrogens with zero attached hydrogens (tertiary/aromatic N) is 1. The normalized spacial score (nSPS) is 18.1. The van der Waals surface area contributed by atoms with Gasteiger partial charge in [-0.1, -0.05) is 0 Å². The fourth-order valence-corrected chi connectivity index (χ4v) is 2.75. The van der Waals surface area contributed by atoms with Gasteiger partial charge in [-0.3, -0.25) is 9.89 Å². The van der Waals surface area contributed by atoms with Crippen molar-refractivity contribution in [3.8, 4) is 0 Å². The maximum Gasteiger partial charge on any atom is 0.255 e. The second-order valence-corrected chi connectivity index (χ2v) is 5.03. The Morgan fingerprint density at radius 3 is 3.11 bits per heavy atom. The molecule has 2 aromatic heterocycles. The first-order chi connectivity index (χ1) is 9.16. The molecule has 19 heavy (non-hydrogen) atoms. The highest BCUT2D eigenvalue weighted by Crippen LogP contribution is 2.30. The Balaban J connectivity index is 1.82. The molecule has 0 aromatic carbocycles. The Bertz CT molecular complexity index is 592. The van der Waals surface area contributed by atoms with Crippen molar-refractivity contribution < 1.29 is 9.21 Å². The van der Waals surface area contributed by atoms with Gasteiger partial charge in [0, 0.05) is 17.7 Å². The first kappa shape index (κ1) is 12.0. The molecule has 0 aliphatic heterocycles. The molecule has 0 radical (unpaired) electrons. The fourth-order valence-electron chi connectivity index (χ4n) is 2.75. The van der Waals surface area contributed by atoms with Crippen LogP contribution in [0.4, 0.5) is 0 Å². The lowest BCUT2D eigenvalue weighted by Crippen LogP contribution is -2.31. The van der Waals surface area contributed by atoms with E-state index < -0.39 is 0 Å². The van der Waals surface area contributed by atoms with Gasteiger partial charge in [0.15, 0.2) is 0 Å². The number of aryl methyl sites for hydroxylation is 3. The molecular weight excluding hydrogens is 242 g/mol. The van der Waals surface area contributed by atoms with Crippen molar-refractivity contribution in [2.24, 2.45) is 0 Å². The van der Waals surface area contributed by atoms with Crippen molar-refractivity contribution in [3.05, 3.63) is 40.6 Å². The Morgan fingerprint density at radius 1 is 1.53 bits per heavy atom. The van der Waals surface area contributed by atoms with E-state index in [0.29, 0.717) is 5.56 Å². The van der Waals surface area contributed by atoms with Crippen LogP contribution >= 0.6 is 0 Å². The summed E-state index contributed by atoms with van der Waals surface area (Å²) < 4.78 is 5.44. The number of hydrogen-bond donors (Lipinski definition) is 2. The van der Waals surface area contributed by atoms with Crippen molar-refractivity contribution in [3.63, 3.8) is 0 Å². The molecule has 1 amide bonds. The van der Waals surface area contributed by atoms with Crippen LogP contribution in [0.25, 0.3) is 0 Å². The summed E-state index contributed by atoms with van der Waals surface area (Å²) in [5.74, 6) is 0.931. The number of H-pyrrole nitrogens is 1. The molecule has 1 unspecified atom stereocenters. The molecule has 2 heterocycles. The number of fused-ring (bicyclic) bond motifs is 1. The van der Waals surface area contributed by atoms with E-state index in [-0.39, 0.29) is 11.9 Å². The second-order valence-electron chi connectivity index (χ2n) is 5.03. The number of amides is 1. The Labute approximate surface area is 111 Å². The fraction of sp³-hybridized carbons (Fsp3) is 0.429. The molecule has 2 N–H and O–H groups in total. The van der Waals surface area contributed by atoms with E-state index in [1.807, 2.05) is 19.9 Å².